The van der Waals surface area contributed by atoms with Gasteiger partial charge in [-0.2, -0.15) is 0 Å². The van der Waals surface area contributed by atoms with E-state index in [0.29, 0.717) is 49.0 Å². The Balaban J connectivity index is 1.77. The molecule has 3 N–H and O–H groups in total. The van der Waals surface area contributed by atoms with Crippen molar-refractivity contribution in [1.82, 2.24) is 0 Å². The number of aliphatic hydroxyl groups is 3. The van der Waals surface area contributed by atoms with Crippen molar-refractivity contribution in [3.63, 3.8) is 0 Å². The third-order valence-electron chi connectivity index (χ3n) is 7.09. The van der Waals surface area contributed by atoms with Gasteiger partial charge in [-0.1, -0.05) is 37.1 Å². The lowest BCUT2D eigenvalue weighted by Crippen LogP contribution is -2.36. The van der Waals surface area contributed by atoms with Crippen LogP contribution in [0.4, 0.5) is 0 Å². The minimum atomic E-state index is -0.392. The van der Waals surface area contributed by atoms with Gasteiger partial charge >= 0.3 is 0 Å². The van der Waals surface area contributed by atoms with E-state index in [0.717, 1.165) is 0 Å². The van der Waals surface area contributed by atoms with Crippen LogP contribution in [0.15, 0.2) is 23.3 Å². The maximum atomic E-state index is 9.86. The summed E-state index contributed by atoms with van der Waals surface area (Å²) in [6.45, 7) is 4.94. The van der Waals surface area contributed by atoms with E-state index in [-0.39, 0.29) is 0 Å². The molecular formula is C21H34O3. The van der Waals surface area contributed by atoms with Gasteiger partial charge in [-0.25, -0.2) is 0 Å². The second-order valence-electron chi connectivity index (χ2n) is 8.77. The normalized spacial score (nSPS) is 42.9. The third-order valence-corrected chi connectivity index (χ3v) is 7.09. The third kappa shape index (κ3) is 3.49. The summed E-state index contributed by atoms with van der Waals surface area (Å²) in [4.78, 5) is 0. The molecule has 3 fully saturated rings. The number of rotatable bonds is 3. The standard InChI is InChI=1S/C21H34O3/c1-14(13-22)19-7-8-20-16(4-3-9-21(19,20)2)6-5-15-10-17(23)12-18(24)11-15/h5-6,14,17-20,22-24H,3-4,7-13H2,1-2H3/b16-6+/t14-,17+,18+,19?,20?,21+/m0/s1. The molecular weight excluding hydrogens is 300 g/mol. The summed E-state index contributed by atoms with van der Waals surface area (Å²) in [7, 11) is 0. The lowest BCUT2D eigenvalue weighted by Gasteiger charge is -2.44. The lowest BCUT2D eigenvalue weighted by atomic mass is 9.61. The van der Waals surface area contributed by atoms with Crippen LogP contribution >= 0.6 is 0 Å². The van der Waals surface area contributed by atoms with Crippen molar-refractivity contribution in [3.05, 3.63) is 23.3 Å². The number of fused-ring (bicyclic) bond motifs is 1. The molecule has 6 atom stereocenters. The van der Waals surface area contributed by atoms with Gasteiger partial charge in [-0.15, -0.1) is 0 Å². The van der Waals surface area contributed by atoms with Gasteiger partial charge in [-0.3, -0.25) is 0 Å². The second-order valence-corrected chi connectivity index (χ2v) is 8.77. The van der Waals surface area contributed by atoms with E-state index >= 15 is 0 Å². The molecule has 0 bridgehead atoms. The first-order valence-corrected chi connectivity index (χ1v) is 9.79. The summed E-state index contributed by atoms with van der Waals surface area (Å²) in [5.74, 6) is 1.66. The molecule has 3 aliphatic carbocycles. The van der Waals surface area contributed by atoms with Crippen molar-refractivity contribution >= 4 is 0 Å². The molecule has 0 aliphatic heterocycles. The van der Waals surface area contributed by atoms with Gasteiger partial charge in [-0.05, 0) is 74.5 Å². The predicted molar refractivity (Wildman–Crippen MR) is 96.5 cm³/mol. The summed E-state index contributed by atoms with van der Waals surface area (Å²) in [6.07, 6.45) is 11.8. The fourth-order valence-corrected chi connectivity index (χ4v) is 5.87. The van der Waals surface area contributed by atoms with Crippen LogP contribution in [0.2, 0.25) is 0 Å². The van der Waals surface area contributed by atoms with E-state index in [1.54, 1.807) is 5.57 Å². The van der Waals surface area contributed by atoms with Gasteiger partial charge in [0.05, 0.1) is 12.2 Å². The predicted octanol–water partition coefficient (Wildman–Crippen LogP) is 3.59. The highest BCUT2D eigenvalue weighted by Gasteiger charge is 2.50. The first-order valence-electron chi connectivity index (χ1n) is 9.79. The molecule has 0 aromatic rings. The molecule has 0 spiro atoms. The molecule has 0 saturated heterocycles. The fourth-order valence-electron chi connectivity index (χ4n) is 5.87. The molecule has 3 aliphatic rings. The molecule has 3 rings (SSSR count). The Morgan fingerprint density at radius 1 is 1.17 bits per heavy atom. The summed E-state index contributed by atoms with van der Waals surface area (Å²) in [5.41, 5.74) is 3.06. The zero-order chi connectivity index (χ0) is 17.3. The Labute approximate surface area is 146 Å². The second kappa shape index (κ2) is 7.31. The van der Waals surface area contributed by atoms with Crippen LogP contribution in [0.5, 0.6) is 0 Å². The highest BCUT2D eigenvalue weighted by atomic mass is 16.3. The summed E-state index contributed by atoms with van der Waals surface area (Å²) >= 11 is 0. The van der Waals surface area contributed by atoms with Crippen molar-refractivity contribution in [1.29, 1.82) is 0 Å². The largest absolute Gasteiger partial charge is 0.396 e. The zero-order valence-corrected chi connectivity index (χ0v) is 15.2. The average molecular weight is 335 g/mol. The van der Waals surface area contributed by atoms with Crippen LogP contribution in [0.3, 0.4) is 0 Å². The van der Waals surface area contributed by atoms with Gasteiger partial charge < -0.3 is 15.3 Å². The van der Waals surface area contributed by atoms with Crippen LogP contribution in [-0.4, -0.2) is 34.1 Å². The lowest BCUT2D eigenvalue weighted by molar-refractivity contribution is 0.0609. The van der Waals surface area contributed by atoms with Crippen LogP contribution in [0.1, 0.15) is 65.2 Å². The summed E-state index contributed by atoms with van der Waals surface area (Å²) < 4.78 is 0. The molecule has 0 heterocycles. The van der Waals surface area contributed by atoms with E-state index in [9.17, 15) is 15.3 Å². The van der Waals surface area contributed by atoms with Crippen LogP contribution < -0.4 is 0 Å². The highest BCUT2D eigenvalue weighted by molar-refractivity contribution is 5.26. The Kier molecular flexibility index (Phi) is 5.53. The number of aliphatic hydroxyl groups excluding tert-OH is 3. The maximum Gasteiger partial charge on any atom is 0.0602 e. The average Bonchev–Trinajstić information content (AvgIpc) is 2.89. The molecule has 24 heavy (non-hydrogen) atoms. The first kappa shape index (κ1) is 18.2. The molecule has 3 saturated carbocycles. The quantitative estimate of drug-likeness (QED) is 0.739. The molecule has 3 nitrogen and oxygen atoms in total. The Hall–Kier alpha value is -0.640. The zero-order valence-electron chi connectivity index (χ0n) is 15.2. The highest BCUT2D eigenvalue weighted by Crippen LogP contribution is 2.59. The summed E-state index contributed by atoms with van der Waals surface area (Å²) in [6, 6.07) is 0. The van der Waals surface area contributed by atoms with Gasteiger partial charge in [0.15, 0.2) is 0 Å². The Morgan fingerprint density at radius 3 is 2.54 bits per heavy atom. The number of hydrogen-bond acceptors (Lipinski definition) is 3. The summed E-state index contributed by atoms with van der Waals surface area (Å²) in [5, 5.41) is 29.3. The van der Waals surface area contributed by atoms with Gasteiger partial charge in [0, 0.05) is 6.61 Å². The van der Waals surface area contributed by atoms with E-state index in [4.69, 9.17) is 0 Å². The van der Waals surface area contributed by atoms with Gasteiger partial charge in [0.1, 0.15) is 0 Å². The topological polar surface area (TPSA) is 60.7 Å². The SMILES string of the molecule is C[C@@H](CO)C1CCC2/C(=C/C=C3C[C@@H](O)C[C@H](O)C3)CCC[C@@]21C. The van der Waals surface area contributed by atoms with Crippen molar-refractivity contribution in [2.24, 2.45) is 23.2 Å². The van der Waals surface area contributed by atoms with E-state index < -0.39 is 12.2 Å². The van der Waals surface area contributed by atoms with E-state index in [1.165, 1.54) is 37.7 Å². The fraction of sp³-hybridized carbons (Fsp3) is 0.810. The molecule has 3 heteroatoms. The molecule has 2 unspecified atom stereocenters. The van der Waals surface area contributed by atoms with Crippen LogP contribution in [-0.2, 0) is 0 Å². The van der Waals surface area contributed by atoms with Crippen LogP contribution in [0.25, 0.3) is 0 Å². The molecule has 0 amide bonds. The molecule has 0 radical (unpaired) electrons. The Morgan fingerprint density at radius 2 is 1.88 bits per heavy atom. The smallest absolute Gasteiger partial charge is 0.0602 e. The van der Waals surface area contributed by atoms with Gasteiger partial charge in [0.2, 0.25) is 0 Å². The monoisotopic (exact) mass is 334 g/mol. The number of hydrogen-bond donors (Lipinski definition) is 3. The van der Waals surface area contributed by atoms with Crippen molar-refractivity contribution in [3.8, 4) is 0 Å². The van der Waals surface area contributed by atoms with E-state index in [2.05, 4.69) is 26.0 Å². The van der Waals surface area contributed by atoms with Crippen molar-refractivity contribution < 1.29 is 15.3 Å². The minimum Gasteiger partial charge on any atom is -0.396 e. The Bertz CT molecular complexity index is 497. The number of allylic oxidation sites excluding steroid dienone is 3. The minimum absolute atomic E-state index is 0.297. The first-order chi connectivity index (χ1) is 11.4. The maximum absolute atomic E-state index is 9.86. The van der Waals surface area contributed by atoms with Crippen molar-refractivity contribution in [2.45, 2.75) is 77.4 Å². The van der Waals surface area contributed by atoms with E-state index in [1.807, 2.05) is 0 Å². The molecule has 136 valence electrons. The van der Waals surface area contributed by atoms with Crippen molar-refractivity contribution in [2.75, 3.05) is 6.61 Å². The van der Waals surface area contributed by atoms with Crippen LogP contribution in [0, 0.1) is 23.2 Å². The molecule has 0 aromatic carbocycles. The molecule has 0 aromatic heterocycles. The van der Waals surface area contributed by atoms with Gasteiger partial charge in [0.25, 0.3) is 0 Å².